The molecule has 2 rings (SSSR count). The summed E-state index contributed by atoms with van der Waals surface area (Å²) in [6.45, 7) is 1.83. The van der Waals surface area contributed by atoms with E-state index in [9.17, 15) is 9.00 Å². The SMILES string of the molecule is CC1C(=O)N(C)N=C1c1cccc(S(C)=O)c1. The van der Waals surface area contributed by atoms with Crippen molar-refractivity contribution in [2.75, 3.05) is 13.3 Å². The second-order valence-corrected chi connectivity index (χ2v) is 5.43. The maximum atomic E-state index is 11.7. The maximum absolute atomic E-state index is 11.7. The molecule has 17 heavy (non-hydrogen) atoms. The van der Waals surface area contributed by atoms with Crippen LogP contribution in [-0.4, -0.2) is 34.1 Å². The molecule has 1 amide bonds. The van der Waals surface area contributed by atoms with E-state index in [0.717, 1.165) is 16.2 Å². The predicted molar refractivity (Wildman–Crippen MR) is 67.2 cm³/mol. The van der Waals surface area contributed by atoms with E-state index >= 15 is 0 Å². The zero-order chi connectivity index (χ0) is 12.6. The number of carbonyl (C=O) groups excluding carboxylic acids is 1. The van der Waals surface area contributed by atoms with Gasteiger partial charge in [0.05, 0.1) is 11.6 Å². The maximum Gasteiger partial charge on any atom is 0.251 e. The van der Waals surface area contributed by atoms with Gasteiger partial charge < -0.3 is 0 Å². The summed E-state index contributed by atoms with van der Waals surface area (Å²) in [4.78, 5) is 12.4. The molecular formula is C12H14N2O2S. The Hall–Kier alpha value is -1.49. The molecule has 0 aliphatic carbocycles. The van der Waals surface area contributed by atoms with Crippen molar-refractivity contribution in [3.63, 3.8) is 0 Å². The van der Waals surface area contributed by atoms with Gasteiger partial charge in [0.2, 0.25) is 0 Å². The fourth-order valence-corrected chi connectivity index (χ4v) is 2.40. The lowest BCUT2D eigenvalue weighted by Gasteiger charge is -2.06. The van der Waals surface area contributed by atoms with Crippen LogP contribution in [0.1, 0.15) is 12.5 Å². The Morgan fingerprint density at radius 3 is 2.65 bits per heavy atom. The molecule has 1 aromatic rings. The van der Waals surface area contributed by atoms with E-state index in [1.807, 2.05) is 31.2 Å². The first kappa shape index (κ1) is 12.0. The van der Waals surface area contributed by atoms with Crippen molar-refractivity contribution >= 4 is 22.4 Å². The zero-order valence-corrected chi connectivity index (χ0v) is 10.8. The van der Waals surface area contributed by atoms with Gasteiger partial charge in [-0.2, -0.15) is 5.10 Å². The van der Waals surface area contributed by atoms with E-state index in [1.165, 1.54) is 5.01 Å². The zero-order valence-electron chi connectivity index (χ0n) is 10.0. The lowest BCUT2D eigenvalue weighted by molar-refractivity contribution is -0.130. The smallest absolute Gasteiger partial charge is 0.251 e. The van der Waals surface area contributed by atoms with Crippen LogP contribution in [0.3, 0.4) is 0 Å². The Labute approximate surface area is 103 Å². The van der Waals surface area contributed by atoms with E-state index in [1.54, 1.807) is 13.3 Å². The Kier molecular flexibility index (Phi) is 3.11. The Balaban J connectivity index is 2.42. The van der Waals surface area contributed by atoms with Crippen LogP contribution < -0.4 is 0 Å². The second kappa shape index (κ2) is 4.41. The van der Waals surface area contributed by atoms with Crippen LogP contribution in [0, 0.1) is 5.92 Å². The van der Waals surface area contributed by atoms with Gasteiger partial charge in [-0.3, -0.25) is 9.00 Å². The summed E-state index contributed by atoms with van der Waals surface area (Å²) in [6, 6.07) is 7.37. The van der Waals surface area contributed by atoms with Gasteiger partial charge in [0.1, 0.15) is 0 Å². The van der Waals surface area contributed by atoms with Crippen LogP contribution in [-0.2, 0) is 15.6 Å². The largest absolute Gasteiger partial charge is 0.272 e. The number of hydrogen-bond donors (Lipinski definition) is 0. The molecule has 1 aliphatic heterocycles. The Morgan fingerprint density at radius 1 is 1.41 bits per heavy atom. The lowest BCUT2D eigenvalue weighted by Crippen LogP contribution is -2.22. The Bertz CT molecular complexity index is 525. The molecule has 1 aromatic carbocycles. The number of benzene rings is 1. The summed E-state index contributed by atoms with van der Waals surface area (Å²) in [5.74, 6) is -0.247. The molecule has 0 bridgehead atoms. The lowest BCUT2D eigenvalue weighted by atomic mass is 9.99. The van der Waals surface area contributed by atoms with Crippen molar-refractivity contribution in [3.8, 4) is 0 Å². The van der Waals surface area contributed by atoms with Gasteiger partial charge in [-0.1, -0.05) is 12.1 Å². The summed E-state index contributed by atoms with van der Waals surface area (Å²) in [5, 5.41) is 5.58. The van der Waals surface area contributed by atoms with Gasteiger partial charge in [-0.15, -0.1) is 0 Å². The molecular weight excluding hydrogens is 236 g/mol. The van der Waals surface area contributed by atoms with Gasteiger partial charge in [-0.25, -0.2) is 5.01 Å². The first-order valence-corrected chi connectivity index (χ1v) is 6.86. The molecule has 4 nitrogen and oxygen atoms in total. The van der Waals surface area contributed by atoms with E-state index < -0.39 is 10.8 Å². The second-order valence-electron chi connectivity index (χ2n) is 4.05. The first-order valence-electron chi connectivity index (χ1n) is 5.30. The molecule has 0 N–H and O–H groups in total. The highest BCUT2D eigenvalue weighted by Crippen LogP contribution is 2.20. The van der Waals surface area contributed by atoms with Gasteiger partial charge in [0.25, 0.3) is 5.91 Å². The highest BCUT2D eigenvalue weighted by atomic mass is 32.2. The van der Waals surface area contributed by atoms with Crippen LogP contribution >= 0.6 is 0 Å². The minimum absolute atomic E-state index is 0.0111. The van der Waals surface area contributed by atoms with Crippen LogP contribution in [0.25, 0.3) is 0 Å². The molecule has 5 heteroatoms. The standard InChI is InChI=1S/C12H14N2O2S/c1-8-11(13-14(2)12(8)15)9-5-4-6-10(7-9)17(3)16/h4-8H,1-3H3. The predicted octanol–water partition coefficient (Wildman–Crippen LogP) is 1.24. The van der Waals surface area contributed by atoms with Gasteiger partial charge in [0.15, 0.2) is 0 Å². The van der Waals surface area contributed by atoms with Crippen molar-refractivity contribution in [1.82, 2.24) is 5.01 Å². The van der Waals surface area contributed by atoms with Gasteiger partial charge >= 0.3 is 0 Å². The van der Waals surface area contributed by atoms with Crippen LogP contribution in [0.4, 0.5) is 0 Å². The third kappa shape index (κ3) is 2.15. The molecule has 1 heterocycles. The third-order valence-electron chi connectivity index (χ3n) is 2.82. The molecule has 0 aromatic heterocycles. The molecule has 2 unspecified atom stereocenters. The molecule has 90 valence electrons. The van der Waals surface area contributed by atoms with Crippen LogP contribution in [0.2, 0.25) is 0 Å². The molecule has 1 aliphatic rings. The van der Waals surface area contributed by atoms with E-state index in [-0.39, 0.29) is 11.8 Å². The third-order valence-corrected chi connectivity index (χ3v) is 3.74. The van der Waals surface area contributed by atoms with E-state index in [2.05, 4.69) is 5.10 Å². The van der Waals surface area contributed by atoms with Crippen LogP contribution in [0.5, 0.6) is 0 Å². The molecule has 0 fully saturated rings. The van der Waals surface area contributed by atoms with Gasteiger partial charge in [0, 0.05) is 29.0 Å². The topological polar surface area (TPSA) is 49.7 Å². The molecule has 0 spiro atoms. The fourth-order valence-electron chi connectivity index (χ4n) is 1.84. The number of carbonyl (C=O) groups is 1. The first-order chi connectivity index (χ1) is 8.00. The average molecular weight is 250 g/mol. The summed E-state index contributed by atoms with van der Waals surface area (Å²) < 4.78 is 11.4. The fraction of sp³-hybridized carbons (Fsp3) is 0.333. The summed E-state index contributed by atoms with van der Waals surface area (Å²) in [5.41, 5.74) is 1.60. The number of rotatable bonds is 2. The van der Waals surface area contributed by atoms with Crippen molar-refractivity contribution in [3.05, 3.63) is 29.8 Å². The van der Waals surface area contributed by atoms with E-state index in [0.29, 0.717) is 0 Å². The quantitative estimate of drug-likeness (QED) is 0.793. The van der Waals surface area contributed by atoms with Crippen molar-refractivity contribution in [2.45, 2.75) is 11.8 Å². The number of hydrazone groups is 1. The van der Waals surface area contributed by atoms with Crippen molar-refractivity contribution in [2.24, 2.45) is 11.0 Å². The van der Waals surface area contributed by atoms with Crippen molar-refractivity contribution < 1.29 is 9.00 Å². The number of hydrogen-bond acceptors (Lipinski definition) is 3. The number of amides is 1. The number of nitrogens with zero attached hydrogens (tertiary/aromatic N) is 2. The van der Waals surface area contributed by atoms with Gasteiger partial charge in [-0.05, 0) is 24.6 Å². The average Bonchev–Trinajstić information content (AvgIpc) is 2.57. The normalized spacial score (nSPS) is 21.6. The highest BCUT2D eigenvalue weighted by Gasteiger charge is 2.30. The summed E-state index contributed by atoms with van der Waals surface area (Å²) in [6.07, 6.45) is 1.64. The molecule has 0 saturated carbocycles. The minimum Gasteiger partial charge on any atom is -0.272 e. The minimum atomic E-state index is -1.02. The summed E-state index contributed by atoms with van der Waals surface area (Å²) in [7, 11) is 0.625. The summed E-state index contributed by atoms with van der Waals surface area (Å²) >= 11 is 0. The monoisotopic (exact) mass is 250 g/mol. The van der Waals surface area contributed by atoms with Crippen LogP contribution in [0.15, 0.2) is 34.3 Å². The van der Waals surface area contributed by atoms with E-state index in [4.69, 9.17) is 0 Å². The molecule has 2 atom stereocenters. The molecule has 0 saturated heterocycles. The highest BCUT2D eigenvalue weighted by molar-refractivity contribution is 7.84. The molecule has 0 radical (unpaired) electrons. The van der Waals surface area contributed by atoms with Crippen molar-refractivity contribution in [1.29, 1.82) is 0 Å². The Morgan fingerprint density at radius 2 is 2.12 bits per heavy atom.